The average Bonchev–Trinajstić information content (AvgIpc) is 2.50. The van der Waals surface area contributed by atoms with Crippen molar-refractivity contribution in [3.8, 4) is 6.07 Å². The number of hydrogen-bond donors (Lipinski definition) is 0. The molecular weight excluding hydrogens is 258 g/mol. The van der Waals surface area contributed by atoms with E-state index in [9.17, 15) is 0 Å². The molecule has 3 nitrogen and oxygen atoms in total. The molecule has 0 radical (unpaired) electrons. The second-order valence-electron chi connectivity index (χ2n) is 4.63. The van der Waals surface area contributed by atoms with Crippen molar-refractivity contribution < 1.29 is 0 Å². The zero-order valence-corrected chi connectivity index (χ0v) is 12.0. The Hall–Kier alpha value is -2.95. The second-order valence-corrected chi connectivity index (χ2v) is 4.63. The van der Waals surface area contributed by atoms with Crippen LogP contribution in [0, 0.1) is 18.3 Å². The number of aryl methyl sites for hydroxylation is 1. The van der Waals surface area contributed by atoms with Gasteiger partial charge in [-0.25, -0.2) is 0 Å². The molecule has 0 unspecified atom stereocenters. The van der Waals surface area contributed by atoms with Crippen molar-refractivity contribution in [1.29, 1.82) is 5.26 Å². The molecule has 2 rings (SSSR count). The summed E-state index contributed by atoms with van der Waals surface area (Å²) in [5.74, 6) is 0. The van der Waals surface area contributed by atoms with Gasteiger partial charge in [0.25, 0.3) is 0 Å². The first-order valence-electron chi connectivity index (χ1n) is 6.59. The highest BCUT2D eigenvalue weighted by Gasteiger charge is 2.01. The topological polar surface area (TPSA) is 48.5 Å². The zero-order chi connectivity index (χ0) is 15.1. The van der Waals surface area contributed by atoms with Crippen LogP contribution in [0.15, 0.2) is 64.6 Å². The molecule has 0 aliphatic rings. The first kappa shape index (κ1) is 14.5. The molecule has 0 atom stereocenters. The van der Waals surface area contributed by atoms with E-state index in [0.717, 1.165) is 22.5 Å². The van der Waals surface area contributed by atoms with Crippen LogP contribution in [0.1, 0.15) is 18.1 Å². The van der Waals surface area contributed by atoms with E-state index in [0.29, 0.717) is 0 Å². The van der Waals surface area contributed by atoms with Crippen LogP contribution in [0.5, 0.6) is 0 Å². The number of aliphatic imine (C=N–C) groups is 2. The summed E-state index contributed by atoms with van der Waals surface area (Å²) in [6.07, 6.45) is 1.51. The molecule has 3 heteroatoms. The molecule has 0 amide bonds. The van der Waals surface area contributed by atoms with Gasteiger partial charge in [0.15, 0.2) is 0 Å². The lowest BCUT2D eigenvalue weighted by molar-refractivity contribution is 1.43. The van der Waals surface area contributed by atoms with Crippen LogP contribution in [0.4, 0.5) is 11.4 Å². The fraction of sp³-hybridized carbons (Fsp3) is 0.111. The Kier molecular flexibility index (Phi) is 4.82. The number of hydrogen-bond acceptors (Lipinski definition) is 3. The van der Waals surface area contributed by atoms with Crippen molar-refractivity contribution in [3.63, 3.8) is 0 Å². The van der Waals surface area contributed by atoms with E-state index in [2.05, 4.69) is 16.0 Å². The standard InChI is InChI=1S/C18H15N3/c1-14-7-9-16(10-8-14)20-13-21-18-6-4-3-5-17(18)15(2)11-12-19/h3-11H,1-2H3/b15-11+. The van der Waals surface area contributed by atoms with E-state index in [4.69, 9.17) is 5.26 Å². The van der Waals surface area contributed by atoms with Gasteiger partial charge in [-0.1, -0.05) is 35.9 Å². The molecule has 0 bridgehead atoms. The molecule has 0 heterocycles. The largest absolute Gasteiger partial charge is 0.193 e. The molecule has 21 heavy (non-hydrogen) atoms. The van der Waals surface area contributed by atoms with E-state index < -0.39 is 0 Å². The summed E-state index contributed by atoms with van der Waals surface area (Å²) in [5.41, 5.74) is 4.52. The van der Waals surface area contributed by atoms with Gasteiger partial charge in [0.1, 0.15) is 6.01 Å². The Morgan fingerprint density at radius 1 is 1.05 bits per heavy atom. The van der Waals surface area contributed by atoms with Gasteiger partial charge in [0.05, 0.1) is 17.4 Å². The van der Waals surface area contributed by atoms with Gasteiger partial charge < -0.3 is 0 Å². The maximum atomic E-state index is 8.74. The summed E-state index contributed by atoms with van der Waals surface area (Å²) < 4.78 is 0. The van der Waals surface area contributed by atoms with Crippen LogP contribution in [0.3, 0.4) is 0 Å². The minimum absolute atomic E-state index is 0.748. The predicted octanol–water partition coefficient (Wildman–Crippen LogP) is 5.06. The molecule has 0 aromatic heterocycles. The first-order chi connectivity index (χ1) is 10.2. The molecule has 2 aromatic carbocycles. The van der Waals surface area contributed by atoms with E-state index in [-0.39, 0.29) is 0 Å². The molecule has 0 aliphatic heterocycles. The van der Waals surface area contributed by atoms with Gasteiger partial charge in [-0.3, -0.25) is 0 Å². The van der Waals surface area contributed by atoms with E-state index >= 15 is 0 Å². The second kappa shape index (κ2) is 7.00. The highest BCUT2D eigenvalue weighted by Crippen LogP contribution is 2.25. The molecule has 0 aliphatic carbocycles. The molecular formula is C18H15N3. The Balaban J connectivity index is 2.31. The monoisotopic (exact) mass is 273 g/mol. The van der Waals surface area contributed by atoms with Gasteiger partial charge in [0, 0.05) is 11.6 Å². The van der Waals surface area contributed by atoms with Crippen molar-refractivity contribution in [2.24, 2.45) is 9.98 Å². The van der Waals surface area contributed by atoms with Gasteiger partial charge in [-0.2, -0.15) is 15.2 Å². The molecule has 0 spiro atoms. The fourth-order valence-corrected chi connectivity index (χ4v) is 1.84. The third-order valence-corrected chi connectivity index (χ3v) is 2.99. The lowest BCUT2D eigenvalue weighted by Gasteiger charge is -2.02. The third kappa shape index (κ3) is 4.01. The first-order valence-corrected chi connectivity index (χ1v) is 6.59. The maximum absolute atomic E-state index is 8.74. The van der Waals surface area contributed by atoms with Gasteiger partial charge in [-0.15, -0.1) is 0 Å². The van der Waals surface area contributed by atoms with Crippen LogP contribution >= 0.6 is 0 Å². The van der Waals surface area contributed by atoms with Gasteiger partial charge in [-0.05, 0) is 37.6 Å². The Morgan fingerprint density at radius 3 is 2.48 bits per heavy atom. The van der Waals surface area contributed by atoms with Crippen LogP contribution in [-0.2, 0) is 0 Å². The van der Waals surface area contributed by atoms with Gasteiger partial charge >= 0.3 is 0 Å². The highest BCUT2D eigenvalue weighted by molar-refractivity contribution is 5.76. The fourth-order valence-electron chi connectivity index (χ4n) is 1.84. The summed E-state index contributed by atoms with van der Waals surface area (Å²) >= 11 is 0. The number of benzene rings is 2. The summed E-state index contributed by atoms with van der Waals surface area (Å²) in [5, 5.41) is 8.74. The highest BCUT2D eigenvalue weighted by atomic mass is 14.8. The lowest BCUT2D eigenvalue weighted by atomic mass is 10.1. The molecule has 0 saturated carbocycles. The normalized spacial score (nSPS) is 10.4. The van der Waals surface area contributed by atoms with E-state index in [1.807, 2.05) is 68.4 Å². The zero-order valence-electron chi connectivity index (χ0n) is 12.0. The smallest absolute Gasteiger partial charge is 0.100 e. The summed E-state index contributed by atoms with van der Waals surface area (Å²) in [4.78, 5) is 8.45. The van der Waals surface area contributed by atoms with Crippen LogP contribution in [0.25, 0.3) is 5.57 Å². The van der Waals surface area contributed by atoms with Crippen molar-refractivity contribution in [2.45, 2.75) is 13.8 Å². The number of nitriles is 1. The van der Waals surface area contributed by atoms with Gasteiger partial charge in [0.2, 0.25) is 0 Å². The summed E-state index contributed by atoms with van der Waals surface area (Å²) in [6, 6.07) is 20.2. The van der Waals surface area contributed by atoms with E-state index in [1.54, 1.807) is 0 Å². The molecule has 2 aromatic rings. The third-order valence-electron chi connectivity index (χ3n) is 2.99. The number of nitrogens with zero attached hydrogens (tertiary/aromatic N) is 3. The molecule has 102 valence electrons. The van der Waals surface area contributed by atoms with Crippen molar-refractivity contribution >= 4 is 23.0 Å². The predicted molar refractivity (Wildman–Crippen MR) is 86.1 cm³/mol. The van der Waals surface area contributed by atoms with Crippen molar-refractivity contribution in [3.05, 3.63) is 65.7 Å². The minimum atomic E-state index is 0.748. The number of para-hydroxylation sites is 1. The number of allylic oxidation sites excluding steroid dienone is 2. The quantitative estimate of drug-likeness (QED) is 0.569. The lowest BCUT2D eigenvalue weighted by Crippen LogP contribution is -1.80. The Labute approximate surface area is 124 Å². The molecule has 0 N–H and O–H groups in total. The number of rotatable bonds is 3. The van der Waals surface area contributed by atoms with Crippen molar-refractivity contribution in [1.82, 2.24) is 0 Å². The minimum Gasteiger partial charge on any atom is -0.193 e. The van der Waals surface area contributed by atoms with Crippen LogP contribution in [-0.4, -0.2) is 6.01 Å². The summed E-state index contributed by atoms with van der Waals surface area (Å²) in [7, 11) is 0. The maximum Gasteiger partial charge on any atom is 0.100 e. The Bertz CT molecular complexity index is 756. The Morgan fingerprint density at radius 2 is 1.76 bits per heavy atom. The SMILES string of the molecule is C/C(=C\C#N)c1ccccc1N=C=Nc1ccc(C)cc1. The average molecular weight is 273 g/mol. The van der Waals surface area contributed by atoms with E-state index in [1.165, 1.54) is 11.6 Å². The van der Waals surface area contributed by atoms with Crippen LogP contribution < -0.4 is 0 Å². The summed E-state index contributed by atoms with van der Waals surface area (Å²) in [6.45, 7) is 3.91. The van der Waals surface area contributed by atoms with Crippen molar-refractivity contribution in [2.75, 3.05) is 0 Å². The molecule has 0 fully saturated rings. The molecule has 0 saturated heterocycles. The van der Waals surface area contributed by atoms with Crippen LogP contribution in [0.2, 0.25) is 0 Å².